The molecule has 1 aromatic heterocycles. The van der Waals surface area contributed by atoms with Crippen molar-refractivity contribution in [3.63, 3.8) is 0 Å². The van der Waals surface area contributed by atoms with Crippen LogP contribution in [0.25, 0.3) is 11.3 Å². The number of aromatic nitrogens is 2. The molecule has 1 atom stereocenters. The monoisotopic (exact) mass is 465 g/mol. The topological polar surface area (TPSA) is 69.6 Å². The lowest BCUT2D eigenvalue weighted by Gasteiger charge is -2.31. The highest BCUT2D eigenvalue weighted by atomic mass is 16.2. The van der Waals surface area contributed by atoms with E-state index in [1.54, 1.807) is 4.90 Å². The van der Waals surface area contributed by atoms with Crippen LogP contribution in [-0.2, 0) is 9.59 Å². The molecule has 1 aromatic carbocycles. The lowest BCUT2D eigenvalue weighted by atomic mass is 10.1. The van der Waals surface area contributed by atoms with E-state index >= 15 is 0 Å². The fraction of sp³-hybridized carbons (Fsp3) is 0.556. The van der Waals surface area contributed by atoms with Crippen LogP contribution in [0.2, 0.25) is 0 Å². The van der Waals surface area contributed by atoms with Gasteiger partial charge in [0.05, 0.1) is 12.2 Å². The summed E-state index contributed by atoms with van der Waals surface area (Å²) in [4.78, 5) is 31.7. The molecule has 1 aliphatic rings. The number of anilines is 1. The fourth-order valence-corrected chi connectivity index (χ4v) is 4.19. The lowest BCUT2D eigenvalue weighted by molar-refractivity contribution is -0.142. The molecule has 2 heterocycles. The van der Waals surface area contributed by atoms with Gasteiger partial charge in [0.25, 0.3) is 0 Å². The Balaban J connectivity index is 1.61. The molecule has 1 fully saturated rings. The number of benzene rings is 1. The van der Waals surface area contributed by atoms with Gasteiger partial charge in [-0.25, -0.2) is 0 Å². The number of rotatable bonds is 8. The number of amides is 2. The maximum absolute atomic E-state index is 13.1. The molecule has 2 aromatic rings. The number of hydrogen-bond donors (Lipinski definition) is 0. The second-order valence-corrected chi connectivity index (χ2v) is 9.74. The third-order valence-corrected chi connectivity index (χ3v) is 6.50. The van der Waals surface area contributed by atoms with Crippen molar-refractivity contribution in [1.82, 2.24) is 20.0 Å². The van der Waals surface area contributed by atoms with Gasteiger partial charge in [-0.3, -0.25) is 9.59 Å². The summed E-state index contributed by atoms with van der Waals surface area (Å²) < 4.78 is 0. The van der Waals surface area contributed by atoms with Crippen molar-refractivity contribution in [1.29, 1.82) is 0 Å². The smallest absolute Gasteiger partial charge is 0.242 e. The van der Waals surface area contributed by atoms with Crippen LogP contribution in [0.4, 0.5) is 5.82 Å². The average molecular weight is 466 g/mol. The van der Waals surface area contributed by atoms with Crippen molar-refractivity contribution in [3.05, 3.63) is 42.0 Å². The van der Waals surface area contributed by atoms with Gasteiger partial charge in [0.15, 0.2) is 5.82 Å². The van der Waals surface area contributed by atoms with Gasteiger partial charge in [0.2, 0.25) is 11.8 Å². The summed E-state index contributed by atoms with van der Waals surface area (Å²) in [5, 5.41) is 8.90. The standard InChI is InChI=1S/C27H39N5O2/c1-6-22(5)32(26(33)18-20(2)3)19-27(34)31-15-7-14-30(16-17-31)25-13-12-24(28-29-25)23-10-8-21(4)9-11-23/h8-13,20,22H,6-7,14-19H2,1-5H3/t22-/m1/s1. The quantitative estimate of drug-likeness (QED) is 0.585. The second kappa shape index (κ2) is 12.0. The molecule has 0 spiro atoms. The van der Waals surface area contributed by atoms with E-state index in [4.69, 9.17) is 0 Å². The van der Waals surface area contributed by atoms with Crippen LogP contribution in [0.3, 0.4) is 0 Å². The number of aryl methyl sites for hydroxylation is 1. The van der Waals surface area contributed by atoms with Gasteiger partial charge in [0.1, 0.15) is 0 Å². The molecule has 0 aliphatic carbocycles. The molecular formula is C27H39N5O2. The third-order valence-electron chi connectivity index (χ3n) is 6.50. The first-order valence-corrected chi connectivity index (χ1v) is 12.5. The number of nitrogens with zero attached hydrogens (tertiary/aromatic N) is 5. The SMILES string of the molecule is CC[C@@H](C)N(CC(=O)N1CCCN(c2ccc(-c3ccc(C)cc3)nn2)CC1)C(=O)CC(C)C. The lowest BCUT2D eigenvalue weighted by Crippen LogP contribution is -2.47. The minimum atomic E-state index is 0.0278. The Kier molecular flexibility index (Phi) is 9.02. The molecule has 0 unspecified atom stereocenters. The molecule has 7 nitrogen and oxygen atoms in total. The summed E-state index contributed by atoms with van der Waals surface area (Å²) in [6, 6.07) is 12.3. The van der Waals surface area contributed by atoms with Crippen LogP contribution in [0.5, 0.6) is 0 Å². The average Bonchev–Trinajstić information content (AvgIpc) is 3.08. The number of hydrogen-bond acceptors (Lipinski definition) is 5. The molecular weight excluding hydrogens is 426 g/mol. The Bertz CT molecular complexity index is 942. The Labute approximate surface area is 204 Å². The summed E-state index contributed by atoms with van der Waals surface area (Å²) in [5.74, 6) is 1.20. The maximum atomic E-state index is 13.1. The minimum absolute atomic E-state index is 0.0278. The summed E-state index contributed by atoms with van der Waals surface area (Å²) in [7, 11) is 0. The minimum Gasteiger partial charge on any atom is -0.353 e. The van der Waals surface area contributed by atoms with E-state index in [1.165, 1.54) is 5.56 Å². The van der Waals surface area contributed by atoms with Gasteiger partial charge >= 0.3 is 0 Å². The maximum Gasteiger partial charge on any atom is 0.242 e. The Hall–Kier alpha value is -2.96. The molecule has 0 radical (unpaired) electrons. The zero-order valence-electron chi connectivity index (χ0n) is 21.3. The second-order valence-electron chi connectivity index (χ2n) is 9.74. The van der Waals surface area contributed by atoms with Crippen LogP contribution in [0.15, 0.2) is 36.4 Å². The van der Waals surface area contributed by atoms with Gasteiger partial charge in [-0.1, -0.05) is 50.6 Å². The van der Waals surface area contributed by atoms with Crippen molar-refractivity contribution >= 4 is 17.6 Å². The molecule has 0 N–H and O–H groups in total. The zero-order chi connectivity index (χ0) is 24.7. The van der Waals surface area contributed by atoms with Gasteiger partial charge < -0.3 is 14.7 Å². The Morgan fingerprint density at radius 1 is 0.971 bits per heavy atom. The van der Waals surface area contributed by atoms with Crippen LogP contribution in [0, 0.1) is 12.8 Å². The number of carbonyl (C=O) groups is 2. The molecule has 34 heavy (non-hydrogen) atoms. The third kappa shape index (κ3) is 6.78. The molecule has 1 aliphatic heterocycles. The summed E-state index contributed by atoms with van der Waals surface area (Å²) >= 11 is 0. The first kappa shape index (κ1) is 25.7. The van der Waals surface area contributed by atoms with E-state index in [2.05, 4.69) is 53.2 Å². The van der Waals surface area contributed by atoms with Crippen molar-refractivity contribution < 1.29 is 9.59 Å². The summed E-state index contributed by atoms with van der Waals surface area (Å²) in [6.45, 7) is 13.2. The normalized spacial score (nSPS) is 15.2. The largest absolute Gasteiger partial charge is 0.353 e. The zero-order valence-corrected chi connectivity index (χ0v) is 21.3. The Morgan fingerprint density at radius 3 is 2.32 bits per heavy atom. The van der Waals surface area contributed by atoms with E-state index in [1.807, 2.05) is 37.8 Å². The molecule has 3 rings (SSSR count). The molecule has 0 bridgehead atoms. The molecule has 1 saturated heterocycles. The fourth-order valence-electron chi connectivity index (χ4n) is 4.19. The van der Waals surface area contributed by atoms with Crippen LogP contribution < -0.4 is 4.90 Å². The van der Waals surface area contributed by atoms with E-state index in [0.29, 0.717) is 26.1 Å². The van der Waals surface area contributed by atoms with E-state index < -0.39 is 0 Å². The molecule has 184 valence electrons. The summed E-state index contributed by atoms with van der Waals surface area (Å²) in [5.41, 5.74) is 3.12. The van der Waals surface area contributed by atoms with Gasteiger partial charge in [-0.2, -0.15) is 0 Å². The van der Waals surface area contributed by atoms with Crippen LogP contribution >= 0.6 is 0 Å². The van der Waals surface area contributed by atoms with Crippen molar-refractivity contribution in [2.75, 3.05) is 37.6 Å². The van der Waals surface area contributed by atoms with E-state index in [9.17, 15) is 9.59 Å². The highest BCUT2D eigenvalue weighted by Crippen LogP contribution is 2.20. The first-order valence-electron chi connectivity index (χ1n) is 12.5. The van der Waals surface area contributed by atoms with Crippen molar-refractivity contribution in [2.45, 2.75) is 59.9 Å². The molecule has 7 heteroatoms. The van der Waals surface area contributed by atoms with E-state index in [0.717, 1.165) is 36.5 Å². The van der Waals surface area contributed by atoms with Crippen molar-refractivity contribution in [2.24, 2.45) is 5.92 Å². The van der Waals surface area contributed by atoms with Crippen molar-refractivity contribution in [3.8, 4) is 11.3 Å². The summed E-state index contributed by atoms with van der Waals surface area (Å²) in [6.07, 6.45) is 2.17. The highest BCUT2D eigenvalue weighted by Gasteiger charge is 2.26. The molecule has 2 amide bonds. The van der Waals surface area contributed by atoms with Crippen LogP contribution in [0.1, 0.15) is 52.5 Å². The van der Waals surface area contributed by atoms with Gasteiger partial charge in [-0.05, 0) is 44.7 Å². The number of carbonyl (C=O) groups excluding carboxylic acids is 2. The Morgan fingerprint density at radius 2 is 1.71 bits per heavy atom. The molecule has 0 saturated carbocycles. The van der Waals surface area contributed by atoms with Gasteiger partial charge in [0, 0.05) is 44.2 Å². The highest BCUT2D eigenvalue weighted by molar-refractivity contribution is 5.85. The van der Waals surface area contributed by atoms with Gasteiger partial charge in [-0.15, -0.1) is 10.2 Å². The van der Waals surface area contributed by atoms with E-state index in [-0.39, 0.29) is 30.3 Å². The predicted molar refractivity (Wildman–Crippen MR) is 137 cm³/mol. The first-order chi connectivity index (χ1) is 16.3. The van der Waals surface area contributed by atoms with Crippen LogP contribution in [-0.4, -0.2) is 70.6 Å². The predicted octanol–water partition coefficient (Wildman–Crippen LogP) is 4.16.